The first-order valence-corrected chi connectivity index (χ1v) is 13.9. The van der Waals surface area contributed by atoms with Crippen LogP contribution in [-0.4, -0.2) is 6.67 Å². The maximum absolute atomic E-state index is 12.4. The number of rotatable bonds is 8. The van der Waals surface area contributed by atoms with Gasteiger partial charge in [0.1, 0.15) is 0 Å². The van der Waals surface area contributed by atoms with Crippen molar-refractivity contribution in [2.24, 2.45) is 29.6 Å². The van der Waals surface area contributed by atoms with Crippen LogP contribution in [0.15, 0.2) is 24.3 Å². The van der Waals surface area contributed by atoms with E-state index in [4.69, 9.17) is 0 Å². The van der Waals surface area contributed by atoms with Crippen LogP contribution >= 0.6 is 0 Å². The molecule has 1 heteroatoms. The largest absolute Gasteiger partial charge is 0.251 e. The summed E-state index contributed by atoms with van der Waals surface area (Å²) in [6, 6.07) is 9.12. The quantitative estimate of drug-likeness (QED) is 0.388. The molecule has 3 fully saturated rings. The fourth-order valence-electron chi connectivity index (χ4n) is 7.19. The highest BCUT2D eigenvalue weighted by molar-refractivity contribution is 5.26. The van der Waals surface area contributed by atoms with Crippen LogP contribution in [-0.2, 0) is 6.42 Å². The van der Waals surface area contributed by atoms with Crippen molar-refractivity contribution in [3.8, 4) is 0 Å². The molecular formula is C30H47F. The van der Waals surface area contributed by atoms with E-state index in [1.54, 1.807) is 0 Å². The Morgan fingerprint density at radius 1 is 0.677 bits per heavy atom. The molecule has 0 aliphatic heterocycles. The van der Waals surface area contributed by atoms with E-state index in [0.29, 0.717) is 6.42 Å². The van der Waals surface area contributed by atoms with Crippen molar-refractivity contribution in [1.82, 2.24) is 0 Å². The van der Waals surface area contributed by atoms with Gasteiger partial charge in [-0.25, -0.2) is 0 Å². The van der Waals surface area contributed by atoms with Gasteiger partial charge in [-0.05, 0) is 111 Å². The van der Waals surface area contributed by atoms with Crippen LogP contribution < -0.4 is 0 Å². The number of benzene rings is 1. The fourth-order valence-corrected chi connectivity index (χ4v) is 7.19. The predicted octanol–water partition coefficient (Wildman–Crippen LogP) is 9.28. The van der Waals surface area contributed by atoms with Gasteiger partial charge in [0.15, 0.2) is 0 Å². The summed E-state index contributed by atoms with van der Waals surface area (Å²) in [5.41, 5.74) is 2.82. The zero-order chi connectivity index (χ0) is 21.5. The zero-order valence-corrected chi connectivity index (χ0v) is 20.2. The molecule has 1 aromatic rings. The minimum atomic E-state index is -0.201. The van der Waals surface area contributed by atoms with Crippen LogP contribution in [0, 0.1) is 29.6 Å². The summed E-state index contributed by atoms with van der Waals surface area (Å²) in [6.07, 6.45) is 22.3. The number of aryl methyl sites for hydroxylation is 1. The maximum Gasteiger partial charge on any atom is 0.0897 e. The third kappa shape index (κ3) is 6.82. The maximum atomic E-state index is 12.4. The van der Waals surface area contributed by atoms with E-state index >= 15 is 0 Å². The van der Waals surface area contributed by atoms with Crippen LogP contribution in [0.2, 0.25) is 0 Å². The first-order valence-electron chi connectivity index (χ1n) is 13.9. The van der Waals surface area contributed by atoms with Gasteiger partial charge in [0.25, 0.3) is 0 Å². The summed E-state index contributed by atoms with van der Waals surface area (Å²) in [5.74, 6) is 5.92. The molecule has 174 valence electrons. The van der Waals surface area contributed by atoms with E-state index in [2.05, 4.69) is 31.2 Å². The number of hydrogen-bond acceptors (Lipinski definition) is 0. The molecule has 0 amide bonds. The van der Waals surface area contributed by atoms with E-state index in [-0.39, 0.29) is 6.67 Å². The van der Waals surface area contributed by atoms with E-state index in [9.17, 15) is 4.39 Å². The summed E-state index contributed by atoms with van der Waals surface area (Å²) >= 11 is 0. The number of alkyl halides is 1. The van der Waals surface area contributed by atoms with Crippen molar-refractivity contribution in [3.05, 3.63) is 35.4 Å². The molecule has 0 N–H and O–H groups in total. The second kappa shape index (κ2) is 11.9. The Bertz CT molecular complexity index is 610. The highest BCUT2D eigenvalue weighted by Crippen LogP contribution is 2.43. The van der Waals surface area contributed by atoms with Crippen molar-refractivity contribution in [2.75, 3.05) is 6.67 Å². The van der Waals surface area contributed by atoms with E-state index in [1.807, 2.05) is 0 Å². The van der Waals surface area contributed by atoms with Gasteiger partial charge in [-0.15, -0.1) is 0 Å². The Hall–Kier alpha value is -0.850. The van der Waals surface area contributed by atoms with Gasteiger partial charge < -0.3 is 0 Å². The van der Waals surface area contributed by atoms with Crippen molar-refractivity contribution in [1.29, 1.82) is 0 Å². The fraction of sp³-hybridized carbons (Fsp3) is 0.800. The molecule has 0 unspecified atom stereocenters. The van der Waals surface area contributed by atoms with Crippen molar-refractivity contribution in [2.45, 2.75) is 116 Å². The van der Waals surface area contributed by atoms with Crippen molar-refractivity contribution in [3.63, 3.8) is 0 Å². The highest BCUT2D eigenvalue weighted by atomic mass is 19.1. The molecule has 0 heterocycles. The normalized spacial score (nSPS) is 34.5. The smallest absolute Gasteiger partial charge is 0.0897 e. The van der Waals surface area contributed by atoms with Gasteiger partial charge in [0.05, 0.1) is 6.67 Å². The van der Waals surface area contributed by atoms with Crippen LogP contribution in [0.5, 0.6) is 0 Å². The second-order valence-electron chi connectivity index (χ2n) is 11.6. The Morgan fingerprint density at radius 2 is 1.19 bits per heavy atom. The third-order valence-electron chi connectivity index (χ3n) is 9.50. The lowest BCUT2D eigenvalue weighted by molar-refractivity contribution is 0.143. The Labute approximate surface area is 191 Å². The van der Waals surface area contributed by atoms with E-state index in [0.717, 1.165) is 41.9 Å². The molecule has 1 aromatic carbocycles. The average molecular weight is 427 g/mol. The van der Waals surface area contributed by atoms with Crippen molar-refractivity contribution < 1.29 is 4.39 Å². The minimum absolute atomic E-state index is 0.201. The number of hydrogen-bond donors (Lipinski definition) is 0. The van der Waals surface area contributed by atoms with Crippen LogP contribution in [0.3, 0.4) is 0 Å². The van der Waals surface area contributed by atoms with E-state index in [1.165, 1.54) is 101 Å². The highest BCUT2D eigenvalue weighted by Gasteiger charge is 2.30. The van der Waals surface area contributed by atoms with E-state index < -0.39 is 0 Å². The Morgan fingerprint density at radius 3 is 1.74 bits per heavy atom. The summed E-state index contributed by atoms with van der Waals surface area (Å²) in [5, 5.41) is 0. The number of halogens is 1. The molecule has 3 aliphatic carbocycles. The molecule has 3 saturated carbocycles. The third-order valence-corrected chi connectivity index (χ3v) is 9.50. The van der Waals surface area contributed by atoms with Crippen molar-refractivity contribution >= 4 is 0 Å². The lowest BCUT2D eigenvalue weighted by atomic mass is 9.68. The average Bonchev–Trinajstić information content (AvgIpc) is 2.83. The van der Waals surface area contributed by atoms with Gasteiger partial charge >= 0.3 is 0 Å². The Balaban J connectivity index is 1.12. The summed E-state index contributed by atoms with van der Waals surface area (Å²) in [4.78, 5) is 0. The van der Waals surface area contributed by atoms with Crippen LogP contribution in [0.4, 0.5) is 4.39 Å². The molecule has 31 heavy (non-hydrogen) atoms. The van der Waals surface area contributed by atoms with Gasteiger partial charge in [-0.2, -0.15) is 0 Å². The molecule has 0 bridgehead atoms. The minimum Gasteiger partial charge on any atom is -0.251 e. The molecule has 0 nitrogen and oxygen atoms in total. The summed E-state index contributed by atoms with van der Waals surface area (Å²) in [6.45, 7) is 2.25. The monoisotopic (exact) mass is 426 g/mol. The molecule has 0 atom stereocenters. The lowest BCUT2D eigenvalue weighted by Crippen LogP contribution is -2.25. The zero-order valence-electron chi connectivity index (χ0n) is 20.2. The molecule has 0 spiro atoms. The lowest BCUT2D eigenvalue weighted by Gasteiger charge is -2.37. The molecule has 0 radical (unpaired) electrons. The summed E-state index contributed by atoms with van der Waals surface area (Å²) in [7, 11) is 0. The van der Waals surface area contributed by atoms with Crippen LogP contribution in [0.25, 0.3) is 0 Å². The first-order chi connectivity index (χ1) is 15.2. The molecule has 0 saturated heterocycles. The van der Waals surface area contributed by atoms with Gasteiger partial charge in [-0.1, -0.05) is 69.7 Å². The predicted molar refractivity (Wildman–Crippen MR) is 131 cm³/mol. The second-order valence-corrected chi connectivity index (χ2v) is 11.6. The van der Waals surface area contributed by atoms with Gasteiger partial charge in [-0.3, -0.25) is 4.39 Å². The summed E-state index contributed by atoms with van der Waals surface area (Å²) < 4.78 is 12.4. The first kappa shape index (κ1) is 23.3. The molecule has 0 aromatic heterocycles. The van der Waals surface area contributed by atoms with Crippen LogP contribution in [0.1, 0.15) is 120 Å². The van der Waals surface area contributed by atoms with Gasteiger partial charge in [0.2, 0.25) is 0 Å². The van der Waals surface area contributed by atoms with Gasteiger partial charge in [0, 0.05) is 0 Å². The molecule has 4 rings (SSSR count). The molecule has 3 aliphatic rings. The Kier molecular flexibility index (Phi) is 8.91. The topological polar surface area (TPSA) is 0 Å². The SMILES string of the molecule is C[C@H]1CC[C@H](C2CCC(CC[C@H]3CC[C@H](c4ccc(CCCF)cc4)CC3)CC2)CC1. The standard InChI is InChI=1S/C30H47F/c1-23-4-14-27(15-5-23)28-18-10-25(11-19-28)6-7-26-12-20-30(21-13-26)29-16-8-24(9-17-29)3-2-22-31/h8-9,16-17,23,25-28,30H,2-7,10-15,18-22H2,1H3/t23-,25?,26-,27-,28?,30-. The molecular weight excluding hydrogens is 379 g/mol.